The van der Waals surface area contributed by atoms with Crippen LogP contribution in [-0.4, -0.2) is 19.8 Å². The van der Waals surface area contributed by atoms with Gasteiger partial charge < -0.3 is 10.1 Å². The van der Waals surface area contributed by atoms with E-state index in [1.165, 1.54) is 6.07 Å². The highest BCUT2D eigenvalue weighted by Gasteiger charge is 2.16. The van der Waals surface area contributed by atoms with E-state index in [2.05, 4.69) is 5.32 Å². The van der Waals surface area contributed by atoms with E-state index in [0.717, 1.165) is 6.07 Å². The quantitative estimate of drug-likeness (QED) is 0.858. The summed E-state index contributed by atoms with van der Waals surface area (Å²) in [6, 6.07) is 2.18. The molecule has 1 unspecified atom stereocenters. The molecule has 0 amide bonds. The Hall–Kier alpha value is -1.00. The topological polar surface area (TPSA) is 21.3 Å². The maximum Gasteiger partial charge on any atom is 0.131 e. The van der Waals surface area contributed by atoms with Crippen molar-refractivity contribution in [2.75, 3.05) is 13.7 Å². The van der Waals surface area contributed by atoms with Crippen LogP contribution in [0.2, 0.25) is 0 Å². The third kappa shape index (κ3) is 3.75. The number of aryl methyl sites for hydroxylation is 1. The van der Waals surface area contributed by atoms with Gasteiger partial charge in [-0.05, 0) is 39.4 Å². The van der Waals surface area contributed by atoms with Gasteiger partial charge in [-0.1, -0.05) is 0 Å². The molecule has 2 nitrogen and oxygen atoms in total. The van der Waals surface area contributed by atoms with Gasteiger partial charge in [-0.15, -0.1) is 0 Å². The highest BCUT2D eigenvalue weighted by Crippen LogP contribution is 2.21. The first-order valence-corrected chi connectivity index (χ1v) is 5.70. The van der Waals surface area contributed by atoms with E-state index < -0.39 is 11.6 Å². The van der Waals surface area contributed by atoms with E-state index in [0.29, 0.717) is 17.7 Å². The van der Waals surface area contributed by atoms with Crippen molar-refractivity contribution >= 4 is 0 Å². The molecule has 1 N–H and O–H groups in total. The van der Waals surface area contributed by atoms with Crippen LogP contribution in [0, 0.1) is 18.6 Å². The van der Waals surface area contributed by atoms with Crippen molar-refractivity contribution in [3.63, 3.8) is 0 Å². The summed E-state index contributed by atoms with van der Waals surface area (Å²) >= 11 is 0. The first-order valence-electron chi connectivity index (χ1n) is 5.70. The van der Waals surface area contributed by atoms with Crippen LogP contribution in [0.5, 0.6) is 0 Å². The molecule has 0 bridgehead atoms. The van der Waals surface area contributed by atoms with E-state index in [4.69, 9.17) is 4.74 Å². The summed E-state index contributed by atoms with van der Waals surface area (Å²) in [4.78, 5) is 0. The molecule has 0 heterocycles. The van der Waals surface area contributed by atoms with Crippen molar-refractivity contribution in [1.82, 2.24) is 5.32 Å². The second kappa shape index (κ2) is 6.07. The third-order valence-electron chi connectivity index (χ3n) is 2.60. The molecule has 0 saturated heterocycles. The highest BCUT2D eigenvalue weighted by molar-refractivity contribution is 5.28. The molecule has 0 aliphatic heterocycles. The summed E-state index contributed by atoms with van der Waals surface area (Å²) < 4.78 is 32.3. The fraction of sp³-hybridized carbons (Fsp3) is 0.538. The Bertz CT molecular complexity index is 380. The van der Waals surface area contributed by atoms with Gasteiger partial charge in [-0.3, -0.25) is 0 Å². The average molecular weight is 243 g/mol. The first-order chi connectivity index (χ1) is 7.95. The summed E-state index contributed by atoms with van der Waals surface area (Å²) in [6.07, 6.45) is 0.0791. The zero-order valence-electron chi connectivity index (χ0n) is 10.7. The Morgan fingerprint density at radius 2 is 1.88 bits per heavy atom. The van der Waals surface area contributed by atoms with Crippen molar-refractivity contribution in [2.24, 2.45) is 0 Å². The molecule has 0 saturated carbocycles. The molecule has 1 aromatic rings. The summed E-state index contributed by atoms with van der Waals surface area (Å²) in [5.41, 5.74) is 0.873. The molecule has 96 valence electrons. The lowest BCUT2D eigenvalue weighted by atomic mass is 10.0. The van der Waals surface area contributed by atoms with E-state index >= 15 is 0 Å². The largest absolute Gasteiger partial charge is 0.377 e. The number of ether oxygens (including phenoxy) is 1. The number of nitrogens with one attached hydrogen (secondary N) is 1. The molecule has 0 aromatic heterocycles. The SMILES string of the molecule is CNC(COC(C)C)c1cc(C)c(F)cc1F. The van der Waals surface area contributed by atoms with Crippen LogP contribution in [-0.2, 0) is 4.74 Å². The molecule has 0 aliphatic carbocycles. The minimum atomic E-state index is -0.542. The fourth-order valence-corrected chi connectivity index (χ4v) is 1.56. The van der Waals surface area contributed by atoms with Crippen LogP contribution < -0.4 is 5.32 Å². The lowest BCUT2D eigenvalue weighted by molar-refractivity contribution is 0.0619. The zero-order chi connectivity index (χ0) is 13.0. The summed E-state index contributed by atoms with van der Waals surface area (Å²) in [5, 5.41) is 2.97. The number of likely N-dealkylation sites (N-methyl/N-ethyl adjacent to an activating group) is 1. The van der Waals surface area contributed by atoms with Gasteiger partial charge in [0.25, 0.3) is 0 Å². The lowest BCUT2D eigenvalue weighted by Gasteiger charge is -2.19. The molecule has 4 heteroatoms. The van der Waals surface area contributed by atoms with E-state index in [1.807, 2.05) is 13.8 Å². The summed E-state index contributed by atoms with van der Waals surface area (Å²) in [6.45, 7) is 5.81. The van der Waals surface area contributed by atoms with Crippen LogP contribution in [0.1, 0.15) is 31.0 Å². The van der Waals surface area contributed by atoms with Crippen LogP contribution in [0.15, 0.2) is 12.1 Å². The van der Waals surface area contributed by atoms with E-state index in [9.17, 15) is 8.78 Å². The van der Waals surface area contributed by atoms with Gasteiger partial charge >= 0.3 is 0 Å². The summed E-state index contributed by atoms with van der Waals surface area (Å²) in [7, 11) is 1.73. The number of hydrogen-bond acceptors (Lipinski definition) is 2. The van der Waals surface area contributed by atoms with Crippen LogP contribution in [0.3, 0.4) is 0 Å². The molecule has 1 atom stereocenters. The molecule has 1 rings (SSSR count). The third-order valence-corrected chi connectivity index (χ3v) is 2.60. The Morgan fingerprint density at radius 3 is 2.41 bits per heavy atom. The van der Waals surface area contributed by atoms with Crippen molar-refractivity contribution in [3.05, 3.63) is 34.9 Å². The monoisotopic (exact) mass is 243 g/mol. The van der Waals surface area contributed by atoms with E-state index in [-0.39, 0.29) is 12.1 Å². The van der Waals surface area contributed by atoms with Gasteiger partial charge in [0, 0.05) is 11.6 Å². The molecular formula is C13H19F2NO. The number of hydrogen-bond donors (Lipinski definition) is 1. The zero-order valence-corrected chi connectivity index (χ0v) is 10.7. The van der Waals surface area contributed by atoms with Crippen LogP contribution in [0.25, 0.3) is 0 Å². The Kier molecular flexibility index (Phi) is 5.02. The lowest BCUT2D eigenvalue weighted by Crippen LogP contribution is -2.24. The second-order valence-electron chi connectivity index (χ2n) is 4.35. The molecule has 0 spiro atoms. The van der Waals surface area contributed by atoms with Crippen LogP contribution >= 0.6 is 0 Å². The molecule has 1 aromatic carbocycles. The predicted octanol–water partition coefficient (Wildman–Crippen LogP) is 2.96. The van der Waals surface area contributed by atoms with Crippen molar-refractivity contribution in [2.45, 2.75) is 32.9 Å². The maximum atomic E-state index is 13.7. The molecule has 0 fully saturated rings. The normalized spacial score (nSPS) is 13.1. The predicted molar refractivity (Wildman–Crippen MR) is 64.0 cm³/mol. The molecule has 17 heavy (non-hydrogen) atoms. The van der Waals surface area contributed by atoms with Gasteiger partial charge in [0.15, 0.2) is 0 Å². The summed E-state index contributed by atoms with van der Waals surface area (Å²) in [5.74, 6) is -1.06. The van der Waals surface area contributed by atoms with Crippen molar-refractivity contribution < 1.29 is 13.5 Å². The molecule has 0 radical (unpaired) electrons. The Labute approximate surface area is 101 Å². The minimum absolute atomic E-state index is 0.0791. The van der Waals surface area contributed by atoms with Gasteiger partial charge in [0.2, 0.25) is 0 Å². The standard InChI is InChI=1S/C13H19F2NO/c1-8(2)17-7-13(16-4)10-5-9(3)11(14)6-12(10)15/h5-6,8,13,16H,7H2,1-4H3. The molecule has 0 aliphatic rings. The minimum Gasteiger partial charge on any atom is -0.377 e. The van der Waals surface area contributed by atoms with Gasteiger partial charge in [0.1, 0.15) is 11.6 Å². The Morgan fingerprint density at radius 1 is 1.24 bits per heavy atom. The van der Waals surface area contributed by atoms with Crippen LogP contribution in [0.4, 0.5) is 8.78 Å². The smallest absolute Gasteiger partial charge is 0.131 e. The maximum absolute atomic E-state index is 13.7. The van der Waals surface area contributed by atoms with Gasteiger partial charge in [-0.2, -0.15) is 0 Å². The van der Waals surface area contributed by atoms with Gasteiger partial charge in [-0.25, -0.2) is 8.78 Å². The first kappa shape index (κ1) is 14.1. The van der Waals surface area contributed by atoms with Gasteiger partial charge in [0.05, 0.1) is 18.8 Å². The highest BCUT2D eigenvalue weighted by atomic mass is 19.1. The fourth-order valence-electron chi connectivity index (χ4n) is 1.56. The number of benzene rings is 1. The number of rotatable bonds is 5. The van der Waals surface area contributed by atoms with Crippen molar-refractivity contribution in [3.8, 4) is 0 Å². The Balaban J connectivity index is 2.91. The van der Waals surface area contributed by atoms with Crippen molar-refractivity contribution in [1.29, 1.82) is 0 Å². The molecular weight excluding hydrogens is 224 g/mol. The second-order valence-corrected chi connectivity index (χ2v) is 4.35. The average Bonchev–Trinajstić information content (AvgIpc) is 2.25. The van der Waals surface area contributed by atoms with E-state index in [1.54, 1.807) is 14.0 Å². The number of halogens is 2.